The number of anilines is 1. The summed E-state index contributed by atoms with van der Waals surface area (Å²) in [7, 11) is 0. The molecule has 4 heteroatoms. The number of nitrogens with zero attached hydrogens (tertiary/aromatic N) is 2. The highest BCUT2D eigenvalue weighted by Gasteiger charge is 2.12. The average molecular weight is 273 g/mol. The zero-order valence-electron chi connectivity index (χ0n) is 12.5. The fourth-order valence-electron chi connectivity index (χ4n) is 2.09. The van der Waals surface area contributed by atoms with Crippen molar-refractivity contribution in [1.29, 1.82) is 5.26 Å². The predicted octanol–water partition coefficient (Wildman–Crippen LogP) is 2.81. The Bertz CT molecular complexity index is 477. The van der Waals surface area contributed by atoms with E-state index in [2.05, 4.69) is 25.2 Å². The lowest BCUT2D eigenvalue weighted by Crippen LogP contribution is -2.36. The summed E-state index contributed by atoms with van der Waals surface area (Å²) in [5.74, 6) is 0.439. The normalized spacial score (nSPS) is 10.6. The third-order valence-corrected chi connectivity index (χ3v) is 2.83. The van der Waals surface area contributed by atoms with Crippen LogP contribution in [0, 0.1) is 24.2 Å². The maximum atomic E-state index is 12.0. The molecule has 20 heavy (non-hydrogen) atoms. The average Bonchev–Trinajstić information content (AvgIpc) is 2.35. The lowest BCUT2D eigenvalue weighted by molar-refractivity contribution is -0.117. The summed E-state index contributed by atoms with van der Waals surface area (Å²) in [6.45, 7) is 8.00. The van der Waals surface area contributed by atoms with Gasteiger partial charge in [0.15, 0.2) is 0 Å². The molecule has 0 saturated heterocycles. The number of amides is 1. The Morgan fingerprint density at radius 2 is 2.20 bits per heavy atom. The molecule has 0 aromatic heterocycles. The minimum Gasteiger partial charge on any atom is -0.325 e. The summed E-state index contributed by atoms with van der Waals surface area (Å²) in [6.07, 6.45) is 0.449. The number of nitriles is 1. The minimum absolute atomic E-state index is 0.0332. The molecule has 0 fully saturated rings. The van der Waals surface area contributed by atoms with Gasteiger partial charge in [0, 0.05) is 25.2 Å². The van der Waals surface area contributed by atoms with E-state index >= 15 is 0 Å². The third kappa shape index (κ3) is 6.35. The van der Waals surface area contributed by atoms with Crippen molar-refractivity contribution < 1.29 is 4.79 Å². The van der Waals surface area contributed by atoms with E-state index < -0.39 is 0 Å². The van der Waals surface area contributed by atoms with Gasteiger partial charge in [0.1, 0.15) is 0 Å². The molecule has 1 aromatic rings. The van der Waals surface area contributed by atoms with Gasteiger partial charge in [0.05, 0.1) is 12.6 Å². The molecule has 0 aliphatic carbocycles. The third-order valence-electron chi connectivity index (χ3n) is 2.83. The maximum Gasteiger partial charge on any atom is 0.238 e. The Balaban J connectivity index is 2.54. The highest BCUT2D eigenvalue weighted by Crippen LogP contribution is 2.09. The molecule has 0 spiro atoms. The molecule has 0 aliphatic rings. The Labute approximate surface area is 121 Å². The lowest BCUT2D eigenvalue weighted by atomic mass is 10.2. The van der Waals surface area contributed by atoms with E-state index in [9.17, 15) is 4.79 Å². The summed E-state index contributed by atoms with van der Waals surface area (Å²) < 4.78 is 0. The van der Waals surface area contributed by atoms with Gasteiger partial charge in [-0.2, -0.15) is 5.26 Å². The molecule has 0 radical (unpaired) electrons. The van der Waals surface area contributed by atoms with Crippen LogP contribution in [0.25, 0.3) is 0 Å². The molecule has 108 valence electrons. The van der Waals surface area contributed by atoms with Crippen LogP contribution in [0.4, 0.5) is 5.69 Å². The number of nitrogens with one attached hydrogen (secondary N) is 1. The van der Waals surface area contributed by atoms with E-state index in [4.69, 9.17) is 5.26 Å². The fourth-order valence-corrected chi connectivity index (χ4v) is 2.09. The van der Waals surface area contributed by atoms with Crippen LogP contribution in [-0.2, 0) is 4.79 Å². The van der Waals surface area contributed by atoms with Gasteiger partial charge in [-0.3, -0.25) is 9.69 Å². The zero-order valence-corrected chi connectivity index (χ0v) is 12.5. The van der Waals surface area contributed by atoms with Crippen molar-refractivity contribution in [2.24, 2.45) is 5.92 Å². The Morgan fingerprint density at radius 3 is 2.80 bits per heavy atom. The predicted molar refractivity (Wildman–Crippen MR) is 81.3 cm³/mol. The molecule has 0 atom stereocenters. The largest absolute Gasteiger partial charge is 0.325 e. The number of hydrogen-bond acceptors (Lipinski definition) is 3. The van der Waals surface area contributed by atoms with Gasteiger partial charge in [0.25, 0.3) is 0 Å². The molecular weight excluding hydrogens is 250 g/mol. The van der Waals surface area contributed by atoms with Crippen LogP contribution < -0.4 is 5.32 Å². The second kappa shape index (κ2) is 8.34. The van der Waals surface area contributed by atoms with Crippen molar-refractivity contribution in [1.82, 2.24) is 4.90 Å². The maximum absolute atomic E-state index is 12.0. The fraction of sp³-hybridized carbons (Fsp3) is 0.500. The van der Waals surface area contributed by atoms with E-state index in [1.807, 2.05) is 36.1 Å². The van der Waals surface area contributed by atoms with E-state index in [0.717, 1.165) is 17.8 Å². The molecule has 1 N–H and O–H groups in total. The molecule has 0 bridgehead atoms. The molecule has 0 unspecified atom stereocenters. The van der Waals surface area contributed by atoms with E-state index in [0.29, 0.717) is 25.4 Å². The van der Waals surface area contributed by atoms with Gasteiger partial charge in [-0.15, -0.1) is 0 Å². The first-order valence-corrected chi connectivity index (χ1v) is 6.97. The van der Waals surface area contributed by atoms with Crippen molar-refractivity contribution in [3.63, 3.8) is 0 Å². The molecule has 4 nitrogen and oxygen atoms in total. The number of rotatable bonds is 7. The molecular formula is C16H23N3O. The van der Waals surface area contributed by atoms with Crippen LogP contribution >= 0.6 is 0 Å². The number of benzene rings is 1. The highest BCUT2D eigenvalue weighted by molar-refractivity contribution is 5.92. The van der Waals surface area contributed by atoms with Crippen molar-refractivity contribution in [2.45, 2.75) is 27.2 Å². The summed E-state index contributed by atoms with van der Waals surface area (Å²) in [5.41, 5.74) is 1.94. The van der Waals surface area contributed by atoms with Crippen LogP contribution in [0.15, 0.2) is 24.3 Å². The van der Waals surface area contributed by atoms with Gasteiger partial charge in [-0.1, -0.05) is 26.0 Å². The first-order valence-electron chi connectivity index (χ1n) is 6.97. The van der Waals surface area contributed by atoms with Crippen LogP contribution in [-0.4, -0.2) is 30.4 Å². The number of carbonyl (C=O) groups is 1. The van der Waals surface area contributed by atoms with Crippen LogP contribution in [0.3, 0.4) is 0 Å². The van der Waals surface area contributed by atoms with Gasteiger partial charge in [0.2, 0.25) is 5.91 Å². The van der Waals surface area contributed by atoms with Crippen molar-refractivity contribution >= 4 is 11.6 Å². The van der Waals surface area contributed by atoms with E-state index in [-0.39, 0.29) is 5.91 Å². The van der Waals surface area contributed by atoms with E-state index in [1.165, 1.54) is 0 Å². The molecule has 0 saturated carbocycles. The van der Waals surface area contributed by atoms with E-state index in [1.54, 1.807) is 0 Å². The quantitative estimate of drug-likeness (QED) is 0.831. The highest BCUT2D eigenvalue weighted by atomic mass is 16.2. The SMILES string of the molecule is Cc1cccc(NC(=O)CN(CCC#N)CC(C)C)c1. The van der Waals surface area contributed by atoms with Gasteiger partial charge in [-0.25, -0.2) is 0 Å². The molecule has 0 heterocycles. The first-order chi connectivity index (χ1) is 9.51. The lowest BCUT2D eigenvalue weighted by Gasteiger charge is -2.22. The summed E-state index contributed by atoms with van der Waals surface area (Å²) in [5, 5.41) is 11.6. The second-order valence-corrected chi connectivity index (χ2v) is 5.45. The molecule has 0 aliphatic heterocycles. The van der Waals surface area contributed by atoms with Gasteiger partial charge in [-0.05, 0) is 30.5 Å². The Hall–Kier alpha value is -1.86. The van der Waals surface area contributed by atoms with Crippen LogP contribution in [0.5, 0.6) is 0 Å². The van der Waals surface area contributed by atoms with Crippen molar-refractivity contribution in [3.05, 3.63) is 29.8 Å². The summed E-state index contributed by atoms with van der Waals surface area (Å²) >= 11 is 0. The molecule has 1 rings (SSSR count). The number of hydrogen-bond donors (Lipinski definition) is 1. The van der Waals surface area contributed by atoms with Crippen LogP contribution in [0.2, 0.25) is 0 Å². The van der Waals surface area contributed by atoms with Crippen LogP contribution in [0.1, 0.15) is 25.8 Å². The topological polar surface area (TPSA) is 56.1 Å². The Kier molecular flexibility index (Phi) is 6.75. The molecule has 1 aromatic carbocycles. The smallest absolute Gasteiger partial charge is 0.238 e. The second-order valence-electron chi connectivity index (χ2n) is 5.45. The number of aryl methyl sites for hydroxylation is 1. The Morgan fingerprint density at radius 1 is 1.45 bits per heavy atom. The summed E-state index contributed by atoms with van der Waals surface area (Å²) in [6, 6.07) is 9.87. The standard InChI is InChI=1S/C16H23N3O/c1-13(2)11-19(9-5-8-17)12-16(20)18-15-7-4-6-14(3)10-15/h4,6-7,10,13H,5,9,11-12H2,1-3H3,(H,18,20). The number of carbonyl (C=O) groups excluding carboxylic acids is 1. The van der Waals surface area contributed by atoms with Crippen molar-refractivity contribution in [3.8, 4) is 6.07 Å². The zero-order chi connectivity index (χ0) is 15.0. The van der Waals surface area contributed by atoms with Gasteiger partial charge >= 0.3 is 0 Å². The first kappa shape index (κ1) is 16.2. The van der Waals surface area contributed by atoms with Crippen molar-refractivity contribution in [2.75, 3.05) is 25.0 Å². The minimum atomic E-state index is -0.0332. The van der Waals surface area contributed by atoms with Gasteiger partial charge < -0.3 is 5.32 Å². The monoisotopic (exact) mass is 273 g/mol. The molecule has 1 amide bonds. The summed E-state index contributed by atoms with van der Waals surface area (Å²) in [4.78, 5) is 14.1.